The van der Waals surface area contributed by atoms with Crippen molar-refractivity contribution in [3.63, 3.8) is 0 Å². The van der Waals surface area contributed by atoms with Crippen molar-refractivity contribution in [2.24, 2.45) is 17.4 Å². The summed E-state index contributed by atoms with van der Waals surface area (Å²) in [6.07, 6.45) is 7.06. The number of unbranched alkanes of at least 4 members (excludes halogenated alkanes) is 1. The van der Waals surface area contributed by atoms with Crippen LogP contribution in [0.4, 0.5) is 0 Å². The first-order valence-corrected chi connectivity index (χ1v) is 14.1. The number of benzene rings is 1. The number of nitrogens with one attached hydrogen (secondary N) is 1. The van der Waals surface area contributed by atoms with Gasteiger partial charge in [0.05, 0.1) is 21.3 Å². The lowest BCUT2D eigenvalue weighted by molar-refractivity contribution is -0.108. The number of nitrogens with zero attached hydrogens (tertiary/aromatic N) is 2. The highest BCUT2D eigenvalue weighted by atomic mass is 32.1. The number of nitriles is 1. The second kappa shape index (κ2) is 31.3. The van der Waals surface area contributed by atoms with Gasteiger partial charge in [0.15, 0.2) is 0 Å². The molecule has 9 heteroatoms. The van der Waals surface area contributed by atoms with E-state index in [2.05, 4.69) is 94.2 Å². The van der Waals surface area contributed by atoms with Gasteiger partial charge < -0.3 is 26.4 Å². The summed E-state index contributed by atoms with van der Waals surface area (Å²) in [4.78, 5) is 31.4. The van der Waals surface area contributed by atoms with Crippen LogP contribution in [-0.2, 0) is 20.8 Å². The Kier molecular flexibility index (Phi) is 34.6. The van der Waals surface area contributed by atoms with E-state index in [0.717, 1.165) is 36.1 Å². The highest BCUT2D eigenvalue weighted by molar-refractivity contribution is 7.18. The largest absolute Gasteiger partial charge is 0.372 e. The number of thiazole rings is 1. The second-order valence-electron chi connectivity index (χ2n) is 8.53. The number of aryl methyl sites for hydroxylation is 1. The number of carbonyl (C=O) groups excluding carboxylic acids is 3. The first-order valence-electron chi connectivity index (χ1n) is 13.3. The van der Waals surface area contributed by atoms with Gasteiger partial charge in [0.25, 0.3) is 0 Å². The third-order valence-corrected chi connectivity index (χ3v) is 6.50. The van der Waals surface area contributed by atoms with E-state index >= 15 is 0 Å². The van der Waals surface area contributed by atoms with Gasteiger partial charge in [-0.2, -0.15) is 5.26 Å². The van der Waals surface area contributed by atoms with Crippen LogP contribution >= 0.6 is 11.3 Å². The molecule has 2 atom stereocenters. The Morgan fingerprint density at radius 1 is 1.15 bits per heavy atom. The van der Waals surface area contributed by atoms with Crippen LogP contribution in [0.1, 0.15) is 90.1 Å². The minimum atomic E-state index is 0.250. The van der Waals surface area contributed by atoms with Crippen LogP contribution in [-0.4, -0.2) is 44.6 Å². The zero-order valence-electron chi connectivity index (χ0n) is 25.5. The summed E-state index contributed by atoms with van der Waals surface area (Å²) < 4.78 is 1.23. The van der Waals surface area contributed by atoms with Gasteiger partial charge in [0, 0.05) is 24.5 Å². The molecule has 1 aromatic heterocycles. The molecular weight excluding hydrogens is 510 g/mol. The number of amides is 1. The molecule has 39 heavy (non-hydrogen) atoms. The topological polar surface area (TPSA) is 152 Å². The van der Waals surface area contributed by atoms with Gasteiger partial charge in [-0.05, 0) is 50.0 Å². The number of fused-ring (bicyclic) bond motifs is 1. The van der Waals surface area contributed by atoms with E-state index in [-0.39, 0.29) is 6.41 Å². The lowest BCUT2D eigenvalue weighted by Crippen LogP contribution is -2.31. The van der Waals surface area contributed by atoms with Crippen LogP contribution in [0.2, 0.25) is 0 Å². The maximum absolute atomic E-state index is 10.3. The molecule has 0 aliphatic rings. The second-order valence-corrected chi connectivity index (χ2v) is 9.65. The van der Waals surface area contributed by atoms with Crippen molar-refractivity contribution >= 4 is 41.0 Å². The van der Waals surface area contributed by atoms with E-state index in [0.29, 0.717) is 29.9 Å². The van der Waals surface area contributed by atoms with E-state index in [1.54, 1.807) is 11.3 Å². The number of rotatable bonds is 10. The van der Waals surface area contributed by atoms with Crippen LogP contribution in [0.5, 0.6) is 0 Å². The molecule has 0 fully saturated rings. The highest BCUT2D eigenvalue weighted by Gasteiger charge is 2.14. The number of hydrogen-bond donors (Lipinski definition) is 3. The Bertz CT molecular complexity index is 908. The minimum Gasteiger partial charge on any atom is -0.372 e. The normalized spacial score (nSPS) is 10.5. The van der Waals surface area contributed by atoms with Crippen LogP contribution < -0.4 is 16.8 Å². The SMILES string of the molecule is C=C(C#N)CC(NC)C(C)CC.C=O.CC(C)c1ccc2nc(CCC=O)sc2c1.CCCC.CN.NC=O. The molecular formula is C30H53N5O3S. The summed E-state index contributed by atoms with van der Waals surface area (Å²) in [6.45, 7) is 18.8. The Labute approximate surface area is 241 Å². The molecule has 222 valence electrons. The fourth-order valence-electron chi connectivity index (χ4n) is 2.82. The first-order chi connectivity index (χ1) is 18.7. The summed E-state index contributed by atoms with van der Waals surface area (Å²) in [5.74, 6) is 1.14. The highest BCUT2D eigenvalue weighted by Crippen LogP contribution is 2.26. The Hall–Kier alpha value is -2.93. The molecule has 1 amide bonds. The summed E-state index contributed by atoms with van der Waals surface area (Å²) in [5.41, 5.74) is 11.7. The van der Waals surface area contributed by atoms with Crippen molar-refractivity contribution in [2.75, 3.05) is 14.1 Å². The molecule has 1 aromatic carbocycles. The van der Waals surface area contributed by atoms with Crippen LogP contribution in [0, 0.1) is 17.2 Å². The zero-order valence-corrected chi connectivity index (χ0v) is 26.3. The molecule has 0 saturated heterocycles. The molecule has 1 heterocycles. The van der Waals surface area contributed by atoms with Crippen molar-refractivity contribution < 1.29 is 14.4 Å². The van der Waals surface area contributed by atoms with Gasteiger partial charge in [-0.15, -0.1) is 11.3 Å². The molecule has 0 spiro atoms. The average molecular weight is 564 g/mol. The smallest absolute Gasteiger partial charge is 0.204 e. The van der Waals surface area contributed by atoms with E-state index in [1.165, 1.54) is 30.2 Å². The first kappa shape index (κ1) is 43.1. The quantitative estimate of drug-likeness (QED) is 0.239. The maximum atomic E-state index is 10.3. The van der Waals surface area contributed by atoms with Crippen LogP contribution in [0.15, 0.2) is 30.4 Å². The predicted molar refractivity (Wildman–Crippen MR) is 168 cm³/mol. The molecule has 0 aliphatic carbocycles. The van der Waals surface area contributed by atoms with E-state index < -0.39 is 0 Å². The van der Waals surface area contributed by atoms with Crippen molar-refractivity contribution in [1.82, 2.24) is 10.3 Å². The molecule has 2 aromatic rings. The van der Waals surface area contributed by atoms with E-state index in [1.807, 2.05) is 13.8 Å². The molecule has 2 unspecified atom stereocenters. The van der Waals surface area contributed by atoms with Gasteiger partial charge in [-0.25, -0.2) is 4.98 Å². The van der Waals surface area contributed by atoms with Crippen molar-refractivity contribution in [1.29, 1.82) is 5.26 Å². The van der Waals surface area contributed by atoms with Gasteiger partial charge in [0.2, 0.25) is 6.41 Å². The fourth-order valence-corrected chi connectivity index (χ4v) is 3.85. The summed E-state index contributed by atoms with van der Waals surface area (Å²) in [7, 11) is 3.43. The van der Waals surface area contributed by atoms with Crippen molar-refractivity contribution in [2.45, 2.75) is 92.0 Å². The van der Waals surface area contributed by atoms with Crippen molar-refractivity contribution in [3.8, 4) is 6.07 Å². The number of aldehydes is 1. The number of hydrogen-bond acceptors (Lipinski definition) is 8. The maximum Gasteiger partial charge on any atom is 0.204 e. The third-order valence-electron chi connectivity index (χ3n) is 5.43. The standard InChI is InChI=1S/C13H15NOS.C10H18N2.C4H10.CH3NO.CH5N.CH2O/c1-9(2)10-5-6-11-12(8-10)16-13(14-11)4-3-7-15;1-5-9(3)10(12-4)6-8(2)7-11;1-3-4-2;2-1-3;2*1-2/h5-9H,3-4H2,1-2H3;9-10,12H,2,5-6H2,1,3-4H3;3-4H2,1-2H3;1H,(H2,2,3);2H2,1H3;1H2. The lowest BCUT2D eigenvalue weighted by atomic mass is 9.94. The number of carbonyl (C=O) groups is 3. The predicted octanol–water partition coefficient (Wildman–Crippen LogP) is 5.94. The summed E-state index contributed by atoms with van der Waals surface area (Å²) >= 11 is 1.70. The zero-order chi connectivity index (χ0) is 31.2. The minimum absolute atomic E-state index is 0.250. The lowest BCUT2D eigenvalue weighted by Gasteiger charge is -2.21. The molecule has 8 nitrogen and oxygen atoms in total. The molecule has 0 radical (unpaired) electrons. The molecule has 0 bridgehead atoms. The van der Waals surface area contributed by atoms with Gasteiger partial charge in [-0.3, -0.25) is 4.79 Å². The van der Waals surface area contributed by atoms with Crippen molar-refractivity contribution in [3.05, 3.63) is 40.9 Å². The fraction of sp³-hybridized carbons (Fsp3) is 0.567. The third kappa shape index (κ3) is 22.7. The van der Waals surface area contributed by atoms with Gasteiger partial charge >= 0.3 is 0 Å². The average Bonchev–Trinajstić information content (AvgIpc) is 3.39. The molecule has 0 saturated carbocycles. The number of primary amides is 1. The van der Waals surface area contributed by atoms with Crippen LogP contribution in [0.3, 0.4) is 0 Å². The molecule has 5 N–H and O–H groups in total. The number of aromatic nitrogens is 1. The van der Waals surface area contributed by atoms with E-state index in [9.17, 15) is 4.79 Å². The van der Waals surface area contributed by atoms with E-state index in [4.69, 9.17) is 14.9 Å². The Morgan fingerprint density at radius 2 is 1.69 bits per heavy atom. The molecule has 0 aliphatic heterocycles. The number of nitrogens with two attached hydrogens (primary N) is 2. The Balaban J connectivity index is -0.000000235. The summed E-state index contributed by atoms with van der Waals surface area (Å²) in [6, 6.07) is 8.89. The summed E-state index contributed by atoms with van der Waals surface area (Å²) in [5, 5.41) is 12.8. The van der Waals surface area contributed by atoms with Gasteiger partial charge in [-0.1, -0.05) is 73.5 Å². The van der Waals surface area contributed by atoms with Crippen LogP contribution in [0.25, 0.3) is 10.2 Å². The molecule has 2 rings (SSSR count). The Morgan fingerprint density at radius 3 is 2.08 bits per heavy atom. The van der Waals surface area contributed by atoms with Gasteiger partial charge in [0.1, 0.15) is 13.1 Å². The monoisotopic (exact) mass is 563 g/mol.